The number of carbonyl (C=O) groups excluding carboxylic acids is 2. The van der Waals surface area contributed by atoms with E-state index < -0.39 is 6.04 Å². The largest absolute Gasteiger partial charge is 0.356 e. The summed E-state index contributed by atoms with van der Waals surface area (Å²) in [5, 5.41) is 3.42. The first-order valence-electron chi connectivity index (χ1n) is 12.4. The number of rotatable bonds is 2. The molecule has 2 aliphatic heterocycles. The number of nitrogens with one attached hydrogen (secondary N) is 1. The summed E-state index contributed by atoms with van der Waals surface area (Å²) in [6.45, 7) is 0.191. The first-order valence-corrected chi connectivity index (χ1v) is 12.4. The summed E-state index contributed by atoms with van der Waals surface area (Å²) < 4.78 is 0. The van der Waals surface area contributed by atoms with Crippen molar-refractivity contribution in [2.75, 3.05) is 6.54 Å². The molecule has 34 heavy (non-hydrogen) atoms. The minimum atomic E-state index is -0.461. The Labute approximate surface area is 198 Å². The Kier molecular flexibility index (Phi) is 4.35. The highest BCUT2D eigenvalue weighted by molar-refractivity contribution is 5.98. The number of amides is 2. The highest BCUT2D eigenvalue weighted by atomic mass is 16.2. The molecule has 1 aliphatic carbocycles. The maximum absolute atomic E-state index is 13.9. The maximum Gasteiger partial charge on any atom is 0.246 e. The van der Waals surface area contributed by atoms with E-state index in [0.29, 0.717) is 6.42 Å². The van der Waals surface area contributed by atoms with Crippen molar-refractivity contribution in [2.24, 2.45) is 0 Å². The smallest absolute Gasteiger partial charge is 0.246 e. The van der Waals surface area contributed by atoms with Crippen LogP contribution in [0.3, 0.4) is 0 Å². The minimum Gasteiger partial charge on any atom is -0.356 e. The van der Waals surface area contributed by atoms with Crippen LogP contribution in [0.15, 0.2) is 66.7 Å². The first-order chi connectivity index (χ1) is 16.7. The van der Waals surface area contributed by atoms with Gasteiger partial charge in [0.25, 0.3) is 0 Å². The second-order valence-electron chi connectivity index (χ2n) is 9.96. The molecule has 0 bridgehead atoms. The van der Waals surface area contributed by atoms with Crippen LogP contribution in [0, 0.1) is 0 Å². The minimum absolute atomic E-state index is 0.0544. The average Bonchev–Trinajstić information content (AvgIpc) is 3.53. The van der Waals surface area contributed by atoms with Gasteiger partial charge in [-0.05, 0) is 40.8 Å². The van der Waals surface area contributed by atoms with E-state index >= 15 is 0 Å². The summed E-state index contributed by atoms with van der Waals surface area (Å²) in [5.74, 6) is 0.173. The van der Waals surface area contributed by atoms with Gasteiger partial charge in [0.15, 0.2) is 0 Å². The van der Waals surface area contributed by atoms with Gasteiger partial charge in [-0.3, -0.25) is 9.59 Å². The predicted molar refractivity (Wildman–Crippen MR) is 132 cm³/mol. The van der Waals surface area contributed by atoms with E-state index in [4.69, 9.17) is 0 Å². The van der Waals surface area contributed by atoms with Crippen LogP contribution in [0.2, 0.25) is 0 Å². The van der Waals surface area contributed by atoms with Crippen LogP contribution in [-0.4, -0.2) is 45.2 Å². The van der Waals surface area contributed by atoms with Gasteiger partial charge in [0.05, 0.1) is 6.04 Å². The summed E-state index contributed by atoms with van der Waals surface area (Å²) in [4.78, 5) is 35.2. The fourth-order valence-corrected chi connectivity index (χ4v) is 6.62. The molecule has 3 heterocycles. The topological polar surface area (TPSA) is 56.4 Å². The van der Waals surface area contributed by atoms with Gasteiger partial charge < -0.3 is 14.8 Å². The Morgan fingerprint density at radius 3 is 2.41 bits per heavy atom. The Morgan fingerprint density at radius 2 is 1.56 bits per heavy atom. The standard InChI is InChI=1S/C29H27N3O2/c33-26-17-31(19-10-2-3-11-19)29(34)25-16-23-21-13-5-6-15-24(21)30-27(23)28(32(25)26)22-14-7-9-18-8-1-4-12-20(18)22/h1,4-9,12-15,19,25,28,30H,2-3,10-11,16-17H2/t25-,28?/m0/s1. The lowest BCUT2D eigenvalue weighted by Crippen LogP contribution is -2.64. The molecule has 0 spiro atoms. The number of aromatic nitrogens is 1. The van der Waals surface area contributed by atoms with E-state index in [2.05, 4.69) is 53.5 Å². The lowest BCUT2D eigenvalue weighted by atomic mass is 9.84. The fourth-order valence-electron chi connectivity index (χ4n) is 6.62. The molecule has 5 nitrogen and oxygen atoms in total. The molecular weight excluding hydrogens is 422 g/mol. The lowest BCUT2D eigenvalue weighted by molar-refractivity contribution is -0.160. The lowest BCUT2D eigenvalue weighted by Gasteiger charge is -2.48. The number of para-hydroxylation sites is 1. The van der Waals surface area contributed by atoms with Crippen molar-refractivity contribution in [2.45, 2.75) is 50.2 Å². The summed E-state index contributed by atoms with van der Waals surface area (Å²) in [7, 11) is 0. The van der Waals surface area contributed by atoms with Crippen molar-refractivity contribution in [3.63, 3.8) is 0 Å². The summed E-state index contributed by atoms with van der Waals surface area (Å²) in [6.07, 6.45) is 4.87. The molecule has 3 aliphatic rings. The predicted octanol–water partition coefficient (Wildman–Crippen LogP) is 4.95. The third kappa shape index (κ3) is 2.79. The van der Waals surface area contributed by atoms with Crippen LogP contribution in [0.25, 0.3) is 21.7 Å². The van der Waals surface area contributed by atoms with Crippen LogP contribution in [0.1, 0.15) is 48.5 Å². The van der Waals surface area contributed by atoms with Crippen molar-refractivity contribution in [1.82, 2.24) is 14.8 Å². The first kappa shape index (κ1) is 19.8. The fraction of sp³-hybridized carbons (Fsp3) is 0.310. The van der Waals surface area contributed by atoms with Crippen LogP contribution in [-0.2, 0) is 16.0 Å². The van der Waals surface area contributed by atoms with Gasteiger partial charge in [-0.1, -0.05) is 73.5 Å². The van der Waals surface area contributed by atoms with E-state index in [1.807, 2.05) is 28.0 Å². The molecule has 1 aromatic heterocycles. The van der Waals surface area contributed by atoms with Crippen molar-refractivity contribution in [3.05, 3.63) is 83.6 Å². The molecule has 1 unspecified atom stereocenters. The summed E-state index contributed by atoms with van der Waals surface area (Å²) in [6, 6.07) is 22.3. The second kappa shape index (κ2) is 7.45. The molecule has 170 valence electrons. The molecule has 2 fully saturated rings. The number of hydrogen-bond donors (Lipinski definition) is 1. The molecular formula is C29H27N3O2. The Morgan fingerprint density at radius 1 is 0.824 bits per heavy atom. The van der Waals surface area contributed by atoms with E-state index in [-0.39, 0.29) is 30.4 Å². The second-order valence-corrected chi connectivity index (χ2v) is 9.96. The number of carbonyl (C=O) groups is 2. The van der Waals surface area contributed by atoms with Crippen LogP contribution < -0.4 is 0 Å². The molecule has 5 heteroatoms. The normalized spacial score (nSPS) is 23.1. The molecule has 0 radical (unpaired) electrons. The van der Waals surface area contributed by atoms with E-state index in [1.54, 1.807) is 0 Å². The Bertz CT molecular complexity index is 1440. The van der Waals surface area contributed by atoms with Gasteiger partial charge >= 0.3 is 0 Å². The van der Waals surface area contributed by atoms with Crippen LogP contribution >= 0.6 is 0 Å². The third-order valence-electron chi connectivity index (χ3n) is 8.18. The summed E-state index contributed by atoms with van der Waals surface area (Å²) in [5.41, 5.74) is 4.35. The highest BCUT2D eigenvalue weighted by Gasteiger charge is 2.49. The molecule has 1 N–H and O–H groups in total. The number of aromatic amines is 1. The van der Waals surface area contributed by atoms with E-state index in [0.717, 1.165) is 58.6 Å². The molecule has 7 rings (SSSR count). The quantitative estimate of drug-likeness (QED) is 0.471. The number of nitrogens with zero attached hydrogens (tertiary/aromatic N) is 2. The van der Waals surface area contributed by atoms with Gasteiger partial charge in [0.1, 0.15) is 12.6 Å². The Hall–Kier alpha value is -3.60. The van der Waals surface area contributed by atoms with Crippen molar-refractivity contribution in [1.29, 1.82) is 0 Å². The van der Waals surface area contributed by atoms with Crippen molar-refractivity contribution < 1.29 is 9.59 Å². The van der Waals surface area contributed by atoms with Crippen molar-refractivity contribution >= 4 is 33.5 Å². The average molecular weight is 450 g/mol. The van der Waals surface area contributed by atoms with Gasteiger partial charge in [-0.15, -0.1) is 0 Å². The maximum atomic E-state index is 13.9. The van der Waals surface area contributed by atoms with Crippen molar-refractivity contribution in [3.8, 4) is 0 Å². The van der Waals surface area contributed by atoms with Gasteiger partial charge in [-0.25, -0.2) is 0 Å². The number of H-pyrrole nitrogens is 1. The molecule has 2 atom stereocenters. The van der Waals surface area contributed by atoms with Gasteiger partial charge in [0, 0.05) is 29.1 Å². The van der Waals surface area contributed by atoms with Crippen LogP contribution in [0.5, 0.6) is 0 Å². The monoisotopic (exact) mass is 449 g/mol. The van der Waals surface area contributed by atoms with Gasteiger partial charge in [0.2, 0.25) is 11.8 Å². The Balaban J connectivity index is 1.45. The van der Waals surface area contributed by atoms with E-state index in [1.165, 1.54) is 5.56 Å². The molecule has 4 aromatic rings. The zero-order valence-electron chi connectivity index (χ0n) is 19.0. The number of piperazine rings is 1. The zero-order valence-corrected chi connectivity index (χ0v) is 19.0. The SMILES string of the molecule is O=C1[C@@H]2Cc3c([nH]c4ccccc34)C(c3cccc4ccccc34)N2C(=O)CN1C1CCCC1. The number of fused-ring (bicyclic) bond motifs is 5. The third-order valence-corrected chi connectivity index (χ3v) is 8.18. The summed E-state index contributed by atoms with van der Waals surface area (Å²) >= 11 is 0. The molecule has 1 saturated heterocycles. The number of hydrogen-bond acceptors (Lipinski definition) is 2. The van der Waals surface area contributed by atoms with Gasteiger partial charge in [-0.2, -0.15) is 0 Å². The highest BCUT2D eigenvalue weighted by Crippen LogP contribution is 2.44. The van der Waals surface area contributed by atoms with E-state index in [9.17, 15) is 9.59 Å². The molecule has 1 saturated carbocycles. The zero-order chi connectivity index (χ0) is 22.8. The molecule has 2 amide bonds. The van der Waals surface area contributed by atoms with Crippen LogP contribution in [0.4, 0.5) is 0 Å². The molecule has 3 aromatic carbocycles. The number of benzene rings is 3.